The van der Waals surface area contributed by atoms with Crippen LogP contribution in [0.4, 0.5) is 0 Å². The predicted octanol–water partition coefficient (Wildman–Crippen LogP) is 6.20. The van der Waals surface area contributed by atoms with Gasteiger partial charge in [-0.3, -0.25) is 9.80 Å². The van der Waals surface area contributed by atoms with Gasteiger partial charge in [0.1, 0.15) is 0 Å². The quantitative estimate of drug-likeness (QED) is 0.578. The number of fused-ring (bicyclic) bond motifs is 1. The lowest BCUT2D eigenvalue weighted by atomic mass is 9.75. The van der Waals surface area contributed by atoms with Gasteiger partial charge < -0.3 is 0 Å². The van der Waals surface area contributed by atoms with Crippen molar-refractivity contribution in [2.24, 2.45) is 22.7 Å². The van der Waals surface area contributed by atoms with Gasteiger partial charge in [-0.2, -0.15) is 0 Å². The van der Waals surface area contributed by atoms with E-state index in [0.29, 0.717) is 16.4 Å². The van der Waals surface area contributed by atoms with Gasteiger partial charge in [-0.15, -0.1) is 0 Å². The molecule has 0 aromatic carbocycles. The van der Waals surface area contributed by atoms with Gasteiger partial charge in [0.05, 0.1) is 0 Å². The van der Waals surface area contributed by atoms with Crippen molar-refractivity contribution in [1.29, 1.82) is 0 Å². The molecule has 5 unspecified atom stereocenters. The normalized spacial score (nSPS) is 36.3. The first-order valence-corrected chi connectivity index (χ1v) is 11.6. The molecule has 0 aromatic rings. The van der Waals surface area contributed by atoms with Crippen molar-refractivity contribution in [2.45, 2.75) is 131 Å². The maximum Gasteiger partial charge on any atom is 0.0167 e. The number of likely N-dealkylation sites (tertiary alicyclic amines) is 2. The lowest BCUT2D eigenvalue weighted by Gasteiger charge is -2.47. The largest absolute Gasteiger partial charge is 0.295 e. The molecule has 5 atom stereocenters. The zero-order valence-corrected chi connectivity index (χ0v) is 20.3. The van der Waals surface area contributed by atoms with E-state index in [1.165, 1.54) is 32.2 Å². The van der Waals surface area contributed by atoms with E-state index < -0.39 is 0 Å². The van der Waals surface area contributed by atoms with Crippen molar-refractivity contribution in [1.82, 2.24) is 9.80 Å². The van der Waals surface area contributed by atoms with Crippen LogP contribution in [-0.4, -0.2) is 45.5 Å². The molecule has 2 nitrogen and oxygen atoms in total. The van der Waals surface area contributed by atoms with Crippen LogP contribution in [0.5, 0.6) is 0 Å². The molecular formula is C25H48N2. The second-order valence-corrected chi connectivity index (χ2v) is 13.7. The first kappa shape index (κ1) is 21.6. The number of rotatable bonds is 3. The summed E-state index contributed by atoms with van der Waals surface area (Å²) in [4.78, 5) is 5.74. The van der Waals surface area contributed by atoms with Crippen LogP contribution in [0.15, 0.2) is 0 Å². The minimum atomic E-state index is 0.279. The van der Waals surface area contributed by atoms with Crippen molar-refractivity contribution < 1.29 is 0 Å². The Morgan fingerprint density at radius 2 is 1.37 bits per heavy atom. The predicted molar refractivity (Wildman–Crippen MR) is 118 cm³/mol. The van der Waals surface area contributed by atoms with Crippen molar-refractivity contribution in [3.63, 3.8) is 0 Å². The number of hydrogen-bond donors (Lipinski definition) is 0. The molecule has 27 heavy (non-hydrogen) atoms. The lowest BCUT2D eigenvalue weighted by Crippen LogP contribution is -2.53. The summed E-state index contributed by atoms with van der Waals surface area (Å²) >= 11 is 0. The summed E-state index contributed by atoms with van der Waals surface area (Å²) in [5, 5.41) is 0. The summed E-state index contributed by atoms with van der Waals surface area (Å²) in [6.45, 7) is 28.3. The highest BCUT2D eigenvalue weighted by Crippen LogP contribution is 2.62. The monoisotopic (exact) mass is 376 g/mol. The molecule has 3 fully saturated rings. The van der Waals surface area contributed by atoms with Crippen LogP contribution in [0.25, 0.3) is 0 Å². The second kappa shape index (κ2) is 6.46. The first-order valence-electron chi connectivity index (χ1n) is 11.6. The highest BCUT2D eigenvalue weighted by molar-refractivity contribution is 5.18. The topological polar surface area (TPSA) is 6.48 Å². The van der Waals surface area contributed by atoms with Crippen LogP contribution in [-0.2, 0) is 0 Å². The fourth-order valence-corrected chi connectivity index (χ4v) is 6.81. The number of piperidine rings is 1. The maximum absolute atomic E-state index is 2.93. The Hall–Kier alpha value is -0.0800. The fraction of sp³-hybridized carbons (Fsp3) is 1.00. The maximum atomic E-state index is 2.93. The van der Waals surface area contributed by atoms with Crippen LogP contribution in [0.1, 0.15) is 102 Å². The average Bonchev–Trinajstić information content (AvgIpc) is 2.92. The molecule has 0 aromatic heterocycles. The molecule has 1 saturated carbocycles. The van der Waals surface area contributed by atoms with Crippen LogP contribution < -0.4 is 0 Å². The Kier molecular flexibility index (Phi) is 5.17. The van der Waals surface area contributed by atoms with E-state index in [1.807, 2.05) is 0 Å². The molecule has 0 amide bonds. The van der Waals surface area contributed by atoms with Crippen molar-refractivity contribution in [3.8, 4) is 0 Å². The van der Waals surface area contributed by atoms with Crippen molar-refractivity contribution >= 4 is 0 Å². The van der Waals surface area contributed by atoms with E-state index in [9.17, 15) is 0 Å². The molecule has 3 rings (SSSR count). The Morgan fingerprint density at radius 1 is 0.778 bits per heavy atom. The number of nitrogens with zero attached hydrogens (tertiary/aromatic N) is 2. The van der Waals surface area contributed by atoms with Gasteiger partial charge in [-0.25, -0.2) is 0 Å². The molecule has 0 bridgehead atoms. The van der Waals surface area contributed by atoms with Crippen LogP contribution >= 0.6 is 0 Å². The van der Waals surface area contributed by atoms with E-state index in [1.54, 1.807) is 0 Å². The summed E-state index contributed by atoms with van der Waals surface area (Å²) in [6, 6.07) is 2.32. The zero-order valence-electron chi connectivity index (χ0n) is 20.3. The van der Waals surface area contributed by atoms with E-state index in [4.69, 9.17) is 0 Å². The molecular weight excluding hydrogens is 328 g/mol. The number of hydrogen-bond acceptors (Lipinski definition) is 2. The minimum absolute atomic E-state index is 0.279. The van der Waals surface area contributed by atoms with Gasteiger partial charge >= 0.3 is 0 Å². The highest BCUT2D eigenvalue weighted by atomic mass is 15.3. The third-order valence-electron chi connectivity index (χ3n) is 7.99. The fourth-order valence-electron chi connectivity index (χ4n) is 6.81. The van der Waals surface area contributed by atoms with Gasteiger partial charge in [0, 0.05) is 29.2 Å². The third-order valence-corrected chi connectivity index (χ3v) is 7.99. The van der Waals surface area contributed by atoms with Gasteiger partial charge in [-0.05, 0) is 96.4 Å². The van der Waals surface area contributed by atoms with Gasteiger partial charge in [0.15, 0.2) is 0 Å². The van der Waals surface area contributed by atoms with Gasteiger partial charge in [0.2, 0.25) is 0 Å². The minimum Gasteiger partial charge on any atom is -0.295 e. The Morgan fingerprint density at radius 3 is 1.85 bits per heavy atom. The van der Waals surface area contributed by atoms with Crippen molar-refractivity contribution in [3.05, 3.63) is 0 Å². The molecule has 0 radical (unpaired) electrons. The lowest BCUT2D eigenvalue weighted by molar-refractivity contribution is 0.0120. The van der Waals surface area contributed by atoms with Crippen LogP contribution in [0.2, 0.25) is 0 Å². The molecule has 2 heteroatoms. The Bertz CT molecular complexity index is 542. The molecule has 158 valence electrons. The van der Waals surface area contributed by atoms with Crippen molar-refractivity contribution in [2.75, 3.05) is 6.54 Å². The summed E-state index contributed by atoms with van der Waals surface area (Å²) < 4.78 is 0. The summed E-state index contributed by atoms with van der Waals surface area (Å²) in [5.74, 6) is 1.86. The summed E-state index contributed by atoms with van der Waals surface area (Å²) in [7, 11) is 0. The first-order chi connectivity index (χ1) is 12.0. The molecule has 2 aliphatic heterocycles. The van der Waals surface area contributed by atoms with Crippen LogP contribution in [0, 0.1) is 22.7 Å². The summed E-state index contributed by atoms with van der Waals surface area (Å²) in [6.07, 6.45) is 5.59. The van der Waals surface area contributed by atoms with E-state index >= 15 is 0 Å². The van der Waals surface area contributed by atoms with Gasteiger partial charge in [-0.1, -0.05) is 34.6 Å². The van der Waals surface area contributed by atoms with E-state index in [-0.39, 0.29) is 5.54 Å². The second-order valence-electron chi connectivity index (χ2n) is 13.7. The van der Waals surface area contributed by atoms with E-state index in [2.05, 4.69) is 86.0 Å². The van der Waals surface area contributed by atoms with Crippen LogP contribution in [0.3, 0.4) is 0 Å². The molecule has 2 heterocycles. The molecule has 0 spiro atoms. The van der Waals surface area contributed by atoms with Gasteiger partial charge in [0.25, 0.3) is 0 Å². The zero-order chi connectivity index (χ0) is 20.6. The Labute approximate surface area is 170 Å². The molecule has 0 N–H and O–H groups in total. The molecule has 2 saturated heterocycles. The molecule has 3 aliphatic rings. The standard InChI is InChI=1S/C25H48N2/c1-22(2,3)20-15-17-18(21(17)27(20)24(7,8)9)16-25(10,11)19-13-12-14-26(19)23(4,5)6/h17-21H,12-16H2,1-11H3. The highest BCUT2D eigenvalue weighted by Gasteiger charge is 2.65. The summed E-state index contributed by atoms with van der Waals surface area (Å²) in [5.41, 5.74) is 1.38. The third kappa shape index (κ3) is 4.00. The SMILES string of the molecule is CC(C)(C)C1CC2C(CC(C)(C)C3CCCN3C(C)(C)C)C2N1C(C)(C)C. The molecule has 1 aliphatic carbocycles. The smallest absolute Gasteiger partial charge is 0.0167 e. The van der Waals surface area contributed by atoms with E-state index in [0.717, 1.165) is 30.0 Å². The Balaban J connectivity index is 1.73. The average molecular weight is 377 g/mol.